The minimum absolute atomic E-state index is 0.280. The summed E-state index contributed by atoms with van der Waals surface area (Å²) < 4.78 is 52.8. The Bertz CT molecular complexity index is 343. The van der Waals surface area contributed by atoms with Crippen molar-refractivity contribution in [3.63, 3.8) is 0 Å². The summed E-state index contributed by atoms with van der Waals surface area (Å²) in [5, 5.41) is 2.81. The predicted octanol–water partition coefficient (Wildman–Crippen LogP) is 2.64. The van der Waals surface area contributed by atoms with Crippen molar-refractivity contribution in [2.24, 2.45) is 0 Å². The first-order valence-electron chi connectivity index (χ1n) is 4.54. The average Bonchev–Trinajstić information content (AvgIpc) is 2.17. The molecule has 16 heavy (non-hydrogen) atoms. The number of ether oxygens (including phenoxy) is 1. The van der Waals surface area contributed by atoms with Crippen molar-refractivity contribution in [2.45, 2.75) is 19.1 Å². The highest BCUT2D eigenvalue weighted by molar-refractivity contribution is 5.28. The van der Waals surface area contributed by atoms with Crippen LogP contribution in [0, 0.1) is 0 Å². The van der Waals surface area contributed by atoms with Crippen molar-refractivity contribution in [2.75, 3.05) is 7.05 Å². The van der Waals surface area contributed by atoms with Crippen molar-refractivity contribution in [3.05, 3.63) is 29.8 Å². The molecule has 1 aromatic carbocycles. The zero-order valence-electron chi connectivity index (χ0n) is 8.51. The van der Waals surface area contributed by atoms with E-state index in [1.54, 1.807) is 13.1 Å². The predicted molar refractivity (Wildman–Crippen MR) is 50.8 cm³/mol. The molecule has 90 valence electrons. The quantitative estimate of drug-likeness (QED) is 0.795. The van der Waals surface area contributed by atoms with Crippen molar-refractivity contribution >= 4 is 0 Å². The first-order chi connectivity index (χ1) is 7.45. The summed E-state index contributed by atoms with van der Waals surface area (Å²) in [6, 6.07) is 5.62. The Labute approximate surface area is 90.2 Å². The van der Waals surface area contributed by atoms with E-state index in [0.717, 1.165) is 0 Å². The van der Waals surface area contributed by atoms with Crippen LogP contribution in [0.5, 0.6) is 5.75 Å². The third-order valence-electron chi connectivity index (χ3n) is 1.79. The van der Waals surface area contributed by atoms with E-state index in [9.17, 15) is 17.6 Å². The Kier molecular flexibility index (Phi) is 4.12. The number of rotatable bonds is 5. The number of hydrogen-bond donors (Lipinski definition) is 1. The molecule has 1 aromatic rings. The van der Waals surface area contributed by atoms with E-state index in [4.69, 9.17) is 0 Å². The first kappa shape index (κ1) is 12.8. The van der Waals surface area contributed by atoms with Crippen LogP contribution in [0.15, 0.2) is 24.3 Å². The van der Waals surface area contributed by atoms with Crippen LogP contribution in [0.2, 0.25) is 0 Å². The van der Waals surface area contributed by atoms with Gasteiger partial charge in [0.2, 0.25) is 0 Å². The van der Waals surface area contributed by atoms with Crippen LogP contribution in [0.4, 0.5) is 17.6 Å². The molecular formula is C10H11F4NO. The van der Waals surface area contributed by atoms with Crippen molar-refractivity contribution < 1.29 is 22.3 Å². The first-order valence-corrected chi connectivity index (χ1v) is 4.54. The van der Waals surface area contributed by atoms with Crippen molar-refractivity contribution in [3.8, 4) is 5.75 Å². The molecule has 1 rings (SSSR count). The molecular weight excluding hydrogens is 226 g/mol. The SMILES string of the molecule is CNCc1cccc(OC(F)(F)C(F)F)c1. The second-order valence-corrected chi connectivity index (χ2v) is 3.14. The lowest BCUT2D eigenvalue weighted by Gasteiger charge is -2.17. The Hall–Kier alpha value is -1.30. The van der Waals surface area contributed by atoms with E-state index < -0.39 is 12.5 Å². The second-order valence-electron chi connectivity index (χ2n) is 3.14. The summed E-state index contributed by atoms with van der Waals surface area (Å²) in [5.41, 5.74) is 0.671. The molecule has 0 aliphatic heterocycles. The largest absolute Gasteiger partial charge is 0.461 e. The molecule has 0 fully saturated rings. The molecule has 1 N–H and O–H groups in total. The van der Waals surface area contributed by atoms with E-state index in [1.807, 2.05) is 0 Å². The van der Waals surface area contributed by atoms with Gasteiger partial charge in [-0.25, -0.2) is 0 Å². The maximum Gasteiger partial charge on any atom is 0.461 e. The zero-order valence-corrected chi connectivity index (χ0v) is 8.51. The molecule has 6 heteroatoms. The van der Waals surface area contributed by atoms with Gasteiger partial charge >= 0.3 is 12.5 Å². The van der Waals surface area contributed by atoms with Gasteiger partial charge in [-0.15, -0.1) is 0 Å². The van der Waals surface area contributed by atoms with E-state index in [0.29, 0.717) is 12.1 Å². The van der Waals surface area contributed by atoms with Crippen molar-refractivity contribution in [1.29, 1.82) is 0 Å². The molecule has 0 spiro atoms. The molecule has 0 amide bonds. The van der Waals surface area contributed by atoms with E-state index in [2.05, 4.69) is 10.1 Å². The smallest absolute Gasteiger partial charge is 0.428 e. The number of halogens is 4. The highest BCUT2D eigenvalue weighted by Crippen LogP contribution is 2.27. The average molecular weight is 237 g/mol. The number of alkyl halides is 4. The molecule has 0 aliphatic carbocycles. The van der Waals surface area contributed by atoms with Gasteiger partial charge in [0.25, 0.3) is 0 Å². The summed E-state index contributed by atoms with van der Waals surface area (Å²) in [6.45, 7) is 0.442. The van der Waals surface area contributed by atoms with Gasteiger partial charge in [-0.3, -0.25) is 0 Å². The zero-order chi connectivity index (χ0) is 12.2. The summed E-state index contributed by atoms with van der Waals surface area (Å²) in [5.74, 6) is -0.280. The summed E-state index contributed by atoms with van der Waals surface area (Å²) in [6.07, 6.45) is -8.31. The molecule has 0 atom stereocenters. The fourth-order valence-electron chi connectivity index (χ4n) is 1.12. The van der Waals surface area contributed by atoms with Gasteiger partial charge < -0.3 is 10.1 Å². The molecule has 0 heterocycles. The fourth-order valence-corrected chi connectivity index (χ4v) is 1.12. The summed E-state index contributed by atoms with van der Waals surface area (Å²) in [4.78, 5) is 0. The third kappa shape index (κ3) is 3.37. The standard InChI is InChI=1S/C10H11F4NO/c1-15-6-7-3-2-4-8(5-7)16-10(13,14)9(11)12/h2-5,9,15H,6H2,1H3. The van der Waals surface area contributed by atoms with Crippen LogP contribution in [0.3, 0.4) is 0 Å². The van der Waals surface area contributed by atoms with Crippen LogP contribution in [-0.4, -0.2) is 19.6 Å². The summed E-state index contributed by atoms with van der Waals surface area (Å²) >= 11 is 0. The lowest BCUT2D eigenvalue weighted by molar-refractivity contribution is -0.253. The maximum absolute atomic E-state index is 12.6. The Morgan fingerprint density at radius 2 is 2.06 bits per heavy atom. The van der Waals surface area contributed by atoms with Crippen LogP contribution in [0.25, 0.3) is 0 Å². The molecule has 0 unspecified atom stereocenters. The molecule has 2 nitrogen and oxygen atoms in total. The molecule has 0 saturated heterocycles. The third-order valence-corrected chi connectivity index (χ3v) is 1.79. The number of benzene rings is 1. The minimum Gasteiger partial charge on any atom is -0.428 e. The lowest BCUT2D eigenvalue weighted by Crippen LogP contribution is -2.33. The van der Waals surface area contributed by atoms with Gasteiger partial charge in [0.15, 0.2) is 0 Å². The van der Waals surface area contributed by atoms with Crippen LogP contribution < -0.4 is 10.1 Å². The molecule has 0 aliphatic rings. The lowest BCUT2D eigenvalue weighted by atomic mass is 10.2. The van der Waals surface area contributed by atoms with Gasteiger partial charge in [-0.1, -0.05) is 12.1 Å². The van der Waals surface area contributed by atoms with E-state index >= 15 is 0 Å². The van der Waals surface area contributed by atoms with Gasteiger partial charge in [-0.05, 0) is 24.7 Å². The van der Waals surface area contributed by atoms with Gasteiger partial charge in [0, 0.05) is 6.54 Å². The van der Waals surface area contributed by atoms with Crippen LogP contribution in [0.1, 0.15) is 5.56 Å². The molecule has 0 saturated carbocycles. The van der Waals surface area contributed by atoms with Crippen LogP contribution in [-0.2, 0) is 6.54 Å². The minimum atomic E-state index is -4.46. The number of nitrogens with one attached hydrogen (secondary N) is 1. The monoisotopic (exact) mass is 237 g/mol. The molecule has 0 radical (unpaired) electrons. The summed E-state index contributed by atoms with van der Waals surface area (Å²) in [7, 11) is 1.68. The Balaban J connectivity index is 2.77. The topological polar surface area (TPSA) is 21.3 Å². The maximum atomic E-state index is 12.6. The Morgan fingerprint density at radius 3 is 2.62 bits per heavy atom. The van der Waals surface area contributed by atoms with Crippen molar-refractivity contribution in [1.82, 2.24) is 5.32 Å². The normalized spacial score (nSPS) is 11.9. The van der Waals surface area contributed by atoms with E-state index in [-0.39, 0.29) is 5.75 Å². The highest BCUT2D eigenvalue weighted by atomic mass is 19.3. The fraction of sp³-hybridized carbons (Fsp3) is 0.400. The van der Waals surface area contributed by atoms with Gasteiger partial charge in [-0.2, -0.15) is 17.6 Å². The van der Waals surface area contributed by atoms with Crippen LogP contribution >= 0.6 is 0 Å². The number of hydrogen-bond acceptors (Lipinski definition) is 2. The molecule has 0 bridgehead atoms. The molecule has 0 aromatic heterocycles. The highest BCUT2D eigenvalue weighted by Gasteiger charge is 2.43. The Morgan fingerprint density at radius 1 is 1.38 bits per heavy atom. The second kappa shape index (κ2) is 5.16. The van der Waals surface area contributed by atoms with E-state index in [1.165, 1.54) is 18.2 Å². The van der Waals surface area contributed by atoms with Gasteiger partial charge in [0.1, 0.15) is 5.75 Å². The van der Waals surface area contributed by atoms with Gasteiger partial charge in [0.05, 0.1) is 0 Å².